The lowest BCUT2D eigenvalue weighted by Crippen LogP contribution is -2.63. The molecule has 5 rings (SSSR count). The molecule has 3 saturated carbocycles. The number of hydrogen-bond donors (Lipinski definition) is 0. The molecule has 1 saturated heterocycles. The van der Waals surface area contributed by atoms with Crippen LogP contribution in [0.3, 0.4) is 0 Å². The Hall–Kier alpha value is -2.46. The lowest BCUT2D eigenvalue weighted by atomic mass is 9.47. The molecule has 0 radical (unpaired) electrons. The molecule has 1 heterocycles. The van der Waals surface area contributed by atoms with Crippen molar-refractivity contribution in [3.05, 3.63) is 11.6 Å². The molecule has 4 aliphatic carbocycles. The fourth-order valence-corrected chi connectivity index (χ4v) is 12.3. The Labute approximate surface area is 337 Å². The number of allylic oxidation sites excluding steroid dienone is 1. The molecule has 5 aliphatic rings. The van der Waals surface area contributed by atoms with Crippen LogP contribution >= 0.6 is 0 Å². The zero-order valence-electron chi connectivity index (χ0n) is 36.4. The van der Waals surface area contributed by atoms with E-state index in [9.17, 15) is 19.2 Å². The molecule has 0 N–H and O–H groups in total. The largest absolute Gasteiger partial charge is 0.463 e. The van der Waals surface area contributed by atoms with E-state index in [4.69, 9.17) is 28.4 Å². The summed E-state index contributed by atoms with van der Waals surface area (Å²) in [6, 6.07) is 0. The molecule has 10 heteroatoms. The average Bonchev–Trinajstić information content (AvgIpc) is 3.46. The fourth-order valence-electron chi connectivity index (χ4n) is 12.3. The lowest BCUT2D eigenvalue weighted by molar-refractivity contribution is -0.318. The Morgan fingerprint density at radius 1 is 0.821 bits per heavy atom. The number of fused-ring (bicyclic) bond motifs is 5. The van der Waals surface area contributed by atoms with E-state index >= 15 is 0 Å². The Kier molecular flexibility index (Phi) is 14.9. The molecule has 56 heavy (non-hydrogen) atoms. The first-order chi connectivity index (χ1) is 26.4. The molecule has 0 bridgehead atoms. The van der Waals surface area contributed by atoms with Crippen LogP contribution in [0.1, 0.15) is 153 Å². The van der Waals surface area contributed by atoms with Gasteiger partial charge in [-0.3, -0.25) is 19.2 Å². The highest BCUT2D eigenvalue weighted by Crippen LogP contribution is 2.67. The predicted molar refractivity (Wildman–Crippen MR) is 213 cm³/mol. The summed E-state index contributed by atoms with van der Waals surface area (Å²) in [5.41, 5.74) is 1.94. The fraction of sp³-hybridized carbons (Fsp3) is 0.870. The Morgan fingerprint density at radius 2 is 1.48 bits per heavy atom. The molecule has 318 valence electrons. The maximum absolute atomic E-state index is 12.6. The van der Waals surface area contributed by atoms with Gasteiger partial charge in [0.05, 0.1) is 6.10 Å². The zero-order valence-corrected chi connectivity index (χ0v) is 36.4. The van der Waals surface area contributed by atoms with Crippen molar-refractivity contribution in [1.29, 1.82) is 0 Å². The summed E-state index contributed by atoms with van der Waals surface area (Å²) >= 11 is 0. The third-order valence-corrected chi connectivity index (χ3v) is 15.1. The summed E-state index contributed by atoms with van der Waals surface area (Å²) in [5.74, 6) is 2.97. The van der Waals surface area contributed by atoms with Crippen LogP contribution in [0, 0.1) is 58.2 Å². The van der Waals surface area contributed by atoms with Crippen molar-refractivity contribution >= 4 is 23.9 Å². The van der Waals surface area contributed by atoms with Crippen molar-refractivity contribution in [3.63, 3.8) is 0 Å². The molecular formula is C46H74O10. The van der Waals surface area contributed by atoms with Crippen LogP contribution in [0.5, 0.6) is 0 Å². The highest BCUT2D eigenvalue weighted by Gasteiger charge is 2.60. The molecule has 4 fully saturated rings. The molecule has 0 aromatic heterocycles. The van der Waals surface area contributed by atoms with E-state index in [1.807, 2.05) is 13.8 Å². The van der Waals surface area contributed by atoms with Crippen LogP contribution in [-0.2, 0) is 47.6 Å². The second-order valence-corrected chi connectivity index (χ2v) is 19.5. The Morgan fingerprint density at radius 3 is 2.11 bits per heavy atom. The minimum Gasteiger partial charge on any atom is -0.463 e. The standard InChI is InChI=1S/C46H74O10/c1-12-32(27(4)5)14-13-28(6)36-17-18-37-35-16-15-33-24-34(19-21-45(33,10)38(35)20-22-46(36,37)11)55-44-43(54-31(9)49)42(53-30(8)48)41(52-29(7)47)39(56-44)25-51-40(50)23-26(2)3/h15,26-28,32,34-39,41-44H,12-14,16-25H2,1-11H3/t28-,32-,34+,35+,36-,37+,38+,39-,41-,42+,43-,44-,45+,46-/m1/s1. The van der Waals surface area contributed by atoms with Crippen LogP contribution in [0.25, 0.3) is 0 Å². The number of carbonyl (C=O) groups excluding carboxylic acids is 4. The summed E-state index contributed by atoms with van der Waals surface area (Å²) in [5, 5.41) is 0. The number of carbonyl (C=O) groups is 4. The van der Waals surface area contributed by atoms with Gasteiger partial charge in [-0.15, -0.1) is 0 Å². The Bertz CT molecular complexity index is 1420. The van der Waals surface area contributed by atoms with E-state index in [2.05, 4.69) is 47.6 Å². The first kappa shape index (κ1) is 44.6. The van der Waals surface area contributed by atoms with Crippen molar-refractivity contribution < 1.29 is 47.6 Å². The van der Waals surface area contributed by atoms with Crippen LogP contribution < -0.4 is 0 Å². The summed E-state index contributed by atoms with van der Waals surface area (Å²) in [4.78, 5) is 49.8. The summed E-state index contributed by atoms with van der Waals surface area (Å²) in [6.45, 7) is 22.1. The summed E-state index contributed by atoms with van der Waals surface area (Å²) < 4.78 is 35.7. The predicted octanol–water partition coefficient (Wildman–Crippen LogP) is 9.16. The monoisotopic (exact) mass is 787 g/mol. The Balaban J connectivity index is 1.32. The van der Waals surface area contributed by atoms with Gasteiger partial charge in [0.25, 0.3) is 0 Å². The van der Waals surface area contributed by atoms with Gasteiger partial charge in [-0.2, -0.15) is 0 Å². The third kappa shape index (κ3) is 9.86. The topological polar surface area (TPSA) is 124 Å². The zero-order chi connectivity index (χ0) is 41.1. The molecule has 0 aromatic rings. The van der Waals surface area contributed by atoms with E-state index in [1.54, 1.807) is 0 Å². The summed E-state index contributed by atoms with van der Waals surface area (Å²) in [6.07, 6.45) is 9.49. The van der Waals surface area contributed by atoms with Gasteiger partial charge in [-0.1, -0.05) is 79.9 Å². The van der Waals surface area contributed by atoms with E-state index in [-0.39, 0.29) is 30.5 Å². The van der Waals surface area contributed by atoms with Gasteiger partial charge in [0, 0.05) is 27.2 Å². The van der Waals surface area contributed by atoms with Gasteiger partial charge in [0.15, 0.2) is 24.6 Å². The van der Waals surface area contributed by atoms with Crippen LogP contribution in [-0.4, -0.2) is 67.3 Å². The smallest absolute Gasteiger partial charge is 0.306 e. The van der Waals surface area contributed by atoms with Crippen molar-refractivity contribution in [2.45, 2.75) is 190 Å². The molecule has 1 aliphatic heterocycles. The number of hydrogen-bond acceptors (Lipinski definition) is 10. The van der Waals surface area contributed by atoms with Gasteiger partial charge >= 0.3 is 23.9 Å². The van der Waals surface area contributed by atoms with Crippen molar-refractivity contribution in [2.75, 3.05) is 6.61 Å². The van der Waals surface area contributed by atoms with Crippen molar-refractivity contribution in [3.8, 4) is 0 Å². The van der Waals surface area contributed by atoms with Crippen molar-refractivity contribution in [2.24, 2.45) is 58.2 Å². The molecular weight excluding hydrogens is 712 g/mol. The van der Waals surface area contributed by atoms with E-state index < -0.39 is 54.6 Å². The average molecular weight is 787 g/mol. The maximum atomic E-state index is 12.6. The second kappa shape index (κ2) is 18.6. The highest BCUT2D eigenvalue weighted by atomic mass is 16.7. The minimum absolute atomic E-state index is 0.0775. The number of rotatable bonds is 15. The number of esters is 4. The van der Waals surface area contributed by atoms with Gasteiger partial charge < -0.3 is 28.4 Å². The molecule has 10 nitrogen and oxygen atoms in total. The first-order valence-corrected chi connectivity index (χ1v) is 22.1. The SMILES string of the molecule is CC[C@H](CC[C@@H](C)[C@H]1CC[C@H]2[C@@H]3CC=C4C[C@@H](O[C@@H]5O[C@H](COC(=O)CC(C)C)[C@@H](OC(C)=O)[C@H](OC(C)=O)[C@H]5OC(C)=O)CC[C@]4(C)[C@H]3CC[C@]12C)C(C)C. The van der Waals surface area contributed by atoms with Crippen LogP contribution in [0.15, 0.2) is 11.6 Å². The van der Waals surface area contributed by atoms with E-state index in [0.29, 0.717) is 17.3 Å². The second-order valence-electron chi connectivity index (χ2n) is 19.5. The van der Waals surface area contributed by atoms with Gasteiger partial charge in [0.1, 0.15) is 12.7 Å². The summed E-state index contributed by atoms with van der Waals surface area (Å²) in [7, 11) is 0. The van der Waals surface area contributed by atoms with Crippen LogP contribution in [0.4, 0.5) is 0 Å². The molecule has 14 atom stereocenters. The molecule has 0 aromatic carbocycles. The van der Waals surface area contributed by atoms with E-state index in [0.717, 1.165) is 55.3 Å². The third-order valence-electron chi connectivity index (χ3n) is 15.1. The molecule has 0 amide bonds. The van der Waals surface area contributed by atoms with Gasteiger partial charge in [0.2, 0.25) is 0 Å². The van der Waals surface area contributed by atoms with Crippen LogP contribution in [0.2, 0.25) is 0 Å². The lowest BCUT2D eigenvalue weighted by Gasteiger charge is -2.58. The quantitative estimate of drug-likeness (QED) is 0.0902. The normalized spacial score (nSPS) is 37.7. The highest BCUT2D eigenvalue weighted by molar-refractivity contribution is 5.70. The van der Waals surface area contributed by atoms with Gasteiger partial charge in [-0.25, -0.2) is 0 Å². The van der Waals surface area contributed by atoms with Gasteiger partial charge in [-0.05, 0) is 116 Å². The van der Waals surface area contributed by atoms with E-state index in [1.165, 1.54) is 71.3 Å². The minimum atomic E-state index is -1.24. The molecule has 0 unspecified atom stereocenters. The first-order valence-electron chi connectivity index (χ1n) is 22.1. The number of ether oxygens (including phenoxy) is 6. The molecule has 0 spiro atoms. The van der Waals surface area contributed by atoms with Crippen molar-refractivity contribution in [1.82, 2.24) is 0 Å². The maximum Gasteiger partial charge on any atom is 0.306 e.